The molecule has 1 aromatic heterocycles. The van der Waals surface area contributed by atoms with Gasteiger partial charge in [0.1, 0.15) is 0 Å². The Labute approximate surface area is 102 Å². The number of hydrogen-bond donors (Lipinski definition) is 0. The Bertz CT molecular complexity index is 417. The van der Waals surface area contributed by atoms with Crippen LogP contribution in [0.2, 0.25) is 0 Å². The molecule has 2 rings (SSSR count). The maximum absolute atomic E-state index is 8.87. The van der Waals surface area contributed by atoms with Crippen molar-refractivity contribution >= 4 is 0 Å². The minimum atomic E-state index is 0.590. The summed E-state index contributed by atoms with van der Waals surface area (Å²) in [5.41, 5.74) is 1.46. The highest BCUT2D eigenvalue weighted by atomic mass is 16.5. The second-order valence-corrected chi connectivity index (χ2v) is 4.76. The van der Waals surface area contributed by atoms with Crippen LogP contribution in [0, 0.1) is 24.2 Å². The van der Waals surface area contributed by atoms with Crippen LogP contribution < -0.4 is 4.74 Å². The Morgan fingerprint density at radius 2 is 2.12 bits per heavy atom. The highest BCUT2D eigenvalue weighted by molar-refractivity contribution is 5.34. The maximum atomic E-state index is 8.87. The van der Waals surface area contributed by atoms with Crippen molar-refractivity contribution < 1.29 is 4.74 Å². The first-order chi connectivity index (χ1) is 8.28. The van der Waals surface area contributed by atoms with Crippen LogP contribution in [0.15, 0.2) is 12.1 Å². The largest absolute Gasteiger partial charge is 0.477 e. The first-order valence-electron chi connectivity index (χ1n) is 6.29. The normalized spacial score (nSPS) is 16.5. The minimum absolute atomic E-state index is 0.590. The summed E-state index contributed by atoms with van der Waals surface area (Å²) in [6.45, 7) is 2.62. The zero-order chi connectivity index (χ0) is 12.1. The molecule has 17 heavy (non-hydrogen) atoms. The van der Waals surface area contributed by atoms with E-state index in [0.717, 1.165) is 12.3 Å². The van der Waals surface area contributed by atoms with Gasteiger partial charge in [0, 0.05) is 11.8 Å². The van der Waals surface area contributed by atoms with Gasteiger partial charge in [-0.15, -0.1) is 0 Å². The molecule has 1 aliphatic carbocycles. The van der Waals surface area contributed by atoms with E-state index in [0.29, 0.717) is 17.4 Å². The fourth-order valence-electron chi connectivity index (χ4n) is 2.33. The molecule has 1 aliphatic rings. The lowest BCUT2D eigenvalue weighted by molar-refractivity contribution is 0.202. The highest BCUT2D eigenvalue weighted by Gasteiger charge is 2.14. The number of aromatic nitrogens is 1. The molecule has 1 heterocycles. The molecule has 1 aromatic rings. The molecule has 0 unspecified atom stereocenters. The van der Waals surface area contributed by atoms with Gasteiger partial charge in [-0.2, -0.15) is 5.26 Å². The molecule has 3 heteroatoms. The molecule has 0 amide bonds. The molecule has 3 nitrogen and oxygen atoms in total. The summed E-state index contributed by atoms with van der Waals surface area (Å²) in [5.74, 6) is 1.25. The number of nitriles is 1. The van der Waals surface area contributed by atoms with Gasteiger partial charge in [-0.1, -0.05) is 19.3 Å². The molecule has 0 saturated heterocycles. The van der Waals surface area contributed by atoms with E-state index in [9.17, 15) is 0 Å². The molecule has 1 saturated carbocycles. The van der Waals surface area contributed by atoms with Crippen molar-refractivity contribution in [2.75, 3.05) is 6.61 Å². The molecule has 0 aliphatic heterocycles. The predicted octanol–water partition coefficient (Wildman–Crippen LogP) is 3.22. The van der Waals surface area contributed by atoms with Crippen LogP contribution in [0.5, 0.6) is 5.88 Å². The van der Waals surface area contributed by atoms with Gasteiger partial charge in [-0.25, -0.2) is 4.98 Å². The summed E-state index contributed by atoms with van der Waals surface area (Å²) in [6, 6.07) is 5.62. The third-order valence-corrected chi connectivity index (χ3v) is 3.25. The summed E-state index contributed by atoms with van der Waals surface area (Å²) in [7, 11) is 0. The maximum Gasteiger partial charge on any atom is 0.214 e. The van der Waals surface area contributed by atoms with E-state index >= 15 is 0 Å². The Hall–Kier alpha value is -1.56. The quantitative estimate of drug-likeness (QED) is 0.800. The summed E-state index contributed by atoms with van der Waals surface area (Å²) in [4.78, 5) is 4.29. The SMILES string of the molecule is Cc1cc(C#N)cc(OCC2CCCCC2)n1. The van der Waals surface area contributed by atoms with Gasteiger partial charge < -0.3 is 4.74 Å². The third kappa shape index (κ3) is 3.45. The Morgan fingerprint density at radius 3 is 2.82 bits per heavy atom. The average Bonchev–Trinajstić information content (AvgIpc) is 2.37. The first kappa shape index (κ1) is 11.9. The van der Waals surface area contributed by atoms with Crippen molar-refractivity contribution in [3.05, 3.63) is 23.4 Å². The van der Waals surface area contributed by atoms with Crippen LogP contribution in [-0.4, -0.2) is 11.6 Å². The molecule has 1 fully saturated rings. The van der Waals surface area contributed by atoms with Gasteiger partial charge >= 0.3 is 0 Å². The standard InChI is InChI=1S/C14H18N2O/c1-11-7-13(9-15)8-14(16-11)17-10-12-5-3-2-4-6-12/h7-8,12H,2-6,10H2,1H3. The Kier molecular flexibility index (Phi) is 3.98. The molecule has 0 bridgehead atoms. The van der Waals surface area contributed by atoms with Gasteiger partial charge in [-0.3, -0.25) is 0 Å². The van der Waals surface area contributed by atoms with E-state index in [2.05, 4.69) is 11.1 Å². The Balaban J connectivity index is 1.94. The van der Waals surface area contributed by atoms with Crippen molar-refractivity contribution in [2.45, 2.75) is 39.0 Å². The second-order valence-electron chi connectivity index (χ2n) is 4.76. The molecule has 0 N–H and O–H groups in total. The predicted molar refractivity (Wildman–Crippen MR) is 65.8 cm³/mol. The molecule has 0 radical (unpaired) electrons. The lowest BCUT2D eigenvalue weighted by Gasteiger charge is -2.21. The van der Waals surface area contributed by atoms with Gasteiger partial charge in [0.2, 0.25) is 5.88 Å². The van der Waals surface area contributed by atoms with Gasteiger partial charge in [-0.05, 0) is 31.7 Å². The Morgan fingerprint density at radius 1 is 1.35 bits per heavy atom. The topological polar surface area (TPSA) is 45.9 Å². The number of hydrogen-bond acceptors (Lipinski definition) is 3. The van der Waals surface area contributed by atoms with E-state index < -0.39 is 0 Å². The van der Waals surface area contributed by atoms with Gasteiger partial charge in [0.05, 0.1) is 18.2 Å². The fourth-order valence-corrected chi connectivity index (χ4v) is 2.33. The summed E-state index contributed by atoms with van der Waals surface area (Å²) >= 11 is 0. The molecular formula is C14H18N2O. The third-order valence-electron chi connectivity index (χ3n) is 3.25. The zero-order valence-corrected chi connectivity index (χ0v) is 10.3. The number of aryl methyl sites for hydroxylation is 1. The summed E-state index contributed by atoms with van der Waals surface area (Å²) < 4.78 is 5.71. The lowest BCUT2D eigenvalue weighted by Crippen LogP contribution is -2.15. The molecule has 90 valence electrons. The van der Waals surface area contributed by atoms with E-state index in [1.54, 1.807) is 12.1 Å². The second kappa shape index (κ2) is 5.67. The van der Waals surface area contributed by atoms with Crippen molar-refractivity contribution in [2.24, 2.45) is 5.92 Å². The molecule has 0 atom stereocenters. The molecule has 0 spiro atoms. The van der Waals surface area contributed by atoms with Crippen LogP contribution in [0.3, 0.4) is 0 Å². The minimum Gasteiger partial charge on any atom is -0.477 e. The van der Waals surface area contributed by atoms with Crippen LogP contribution in [0.1, 0.15) is 43.4 Å². The van der Waals surface area contributed by atoms with Crippen molar-refractivity contribution in [3.63, 3.8) is 0 Å². The van der Waals surface area contributed by atoms with Crippen LogP contribution in [-0.2, 0) is 0 Å². The number of pyridine rings is 1. The van der Waals surface area contributed by atoms with E-state index in [1.807, 2.05) is 6.92 Å². The van der Waals surface area contributed by atoms with Crippen molar-refractivity contribution in [1.82, 2.24) is 4.98 Å². The van der Waals surface area contributed by atoms with E-state index in [1.165, 1.54) is 32.1 Å². The average molecular weight is 230 g/mol. The smallest absolute Gasteiger partial charge is 0.214 e. The zero-order valence-electron chi connectivity index (χ0n) is 10.3. The highest BCUT2D eigenvalue weighted by Crippen LogP contribution is 2.24. The first-order valence-corrected chi connectivity index (χ1v) is 6.29. The fraction of sp³-hybridized carbons (Fsp3) is 0.571. The van der Waals surface area contributed by atoms with Crippen LogP contribution in [0.4, 0.5) is 0 Å². The number of ether oxygens (including phenoxy) is 1. The number of nitrogens with zero attached hydrogens (tertiary/aromatic N) is 2. The van der Waals surface area contributed by atoms with Crippen molar-refractivity contribution in [1.29, 1.82) is 5.26 Å². The van der Waals surface area contributed by atoms with Crippen LogP contribution in [0.25, 0.3) is 0 Å². The monoisotopic (exact) mass is 230 g/mol. The summed E-state index contributed by atoms with van der Waals surface area (Å²) in [5, 5.41) is 8.87. The molecular weight excluding hydrogens is 212 g/mol. The van der Waals surface area contributed by atoms with Crippen LogP contribution >= 0.6 is 0 Å². The van der Waals surface area contributed by atoms with E-state index in [4.69, 9.17) is 10.00 Å². The summed E-state index contributed by atoms with van der Waals surface area (Å²) in [6.07, 6.45) is 6.52. The van der Waals surface area contributed by atoms with E-state index in [-0.39, 0.29) is 0 Å². The lowest BCUT2D eigenvalue weighted by atomic mass is 9.90. The van der Waals surface area contributed by atoms with Crippen molar-refractivity contribution in [3.8, 4) is 11.9 Å². The van der Waals surface area contributed by atoms with Gasteiger partial charge in [0.15, 0.2) is 0 Å². The van der Waals surface area contributed by atoms with Gasteiger partial charge in [0.25, 0.3) is 0 Å². The molecule has 0 aromatic carbocycles. The number of rotatable bonds is 3.